The highest BCUT2D eigenvalue weighted by Gasteiger charge is 2.75. The minimum atomic E-state index is -0.475. The Morgan fingerprint density at radius 3 is 2.41 bits per heavy atom. The molecule has 6 aliphatic rings. The monoisotopic (exact) mass is 389 g/mol. The van der Waals surface area contributed by atoms with E-state index in [9.17, 15) is 10.1 Å². The van der Waals surface area contributed by atoms with Crippen molar-refractivity contribution >= 4 is 5.78 Å². The third-order valence-corrected chi connectivity index (χ3v) is 12.0. The normalized spacial score (nSPS) is 57.7. The molecule has 6 aliphatic carbocycles. The molecule has 0 radical (unpaired) electrons. The number of Topliss-reactive ketones (excluding diaryl/α,β-unsaturated/α-hetero) is 1. The van der Waals surface area contributed by atoms with E-state index in [0.717, 1.165) is 24.3 Å². The first-order valence-corrected chi connectivity index (χ1v) is 12.0. The minimum absolute atomic E-state index is 0.0166. The third kappa shape index (κ3) is 1.77. The Balaban J connectivity index is 1.48. The van der Waals surface area contributed by atoms with Crippen molar-refractivity contribution in [2.75, 3.05) is 0 Å². The minimum Gasteiger partial charge on any atom is -0.299 e. The molecule has 9 atom stereocenters. The topological polar surface area (TPSA) is 40.9 Å². The van der Waals surface area contributed by atoms with Crippen LogP contribution in [-0.4, -0.2) is 5.78 Å². The van der Waals surface area contributed by atoms with Gasteiger partial charge in [-0.05, 0) is 97.7 Å². The largest absolute Gasteiger partial charge is 0.299 e. The fourth-order valence-electron chi connectivity index (χ4n) is 10.6. The van der Waals surface area contributed by atoms with E-state index < -0.39 is 5.41 Å². The van der Waals surface area contributed by atoms with Crippen LogP contribution in [0.2, 0.25) is 0 Å². The maximum atomic E-state index is 13.0. The molecule has 2 heteroatoms. The highest BCUT2D eigenvalue weighted by atomic mass is 16.1. The second-order valence-electron chi connectivity index (χ2n) is 12.3. The van der Waals surface area contributed by atoms with Crippen LogP contribution in [0.5, 0.6) is 0 Å². The highest BCUT2D eigenvalue weighted by Crippen LogP contribution is 2.79. The van der Waals surface area contributed by atoms with Gasteiger partial charge in [0.1, 0.15) is 5.78 Å². The van der Waals surface area contributed by atoms with Crippen molar-refractivity contribution < 1.29 is 4.79 Å². The van der Waals surface area contributed by atoms with Gasteiger partial charge in [-0.15, -0.1) is 0 Å². The molecule has 0 aromatic carbocycles. The van der Waals surface area contributed by atoms with Gasteiger partial charge in [0, 0.05) is 6.42 Å². The number of ketones is 1. The van der Waals surface area contributed by atoms with Crippen LogP contribution in [-0.2, 0) is 4.79 Å². The molecule has 0 amide bonds. The zero-order chi connectivity index (χ0) is 20.4. The lowest BCUT2D eigenvalue weighted by atomic mass is 9.39. The standard InChI is InChI=1S/C27H35NO/c1-16-5-11-26(13-16)12-7-19-22-18-14-27(15-28)23(17(18)2)21(29)8-10-25(27,4)20(22)6-9-24(19,26)3/h18-20,22-23H,1-2,5-14H2,3-4H3/t18-,19?,20?,22?,23+,24?,25?,26+,27-/m0/s1. The van der Waals surface area contributed by atoms with E-state index in [1.165, 1.54) is 50.5 Å². The molecule has 2 nitrogen and oxygen atoms in total. The predicted molar refractivity (Wildman–Crippen MR) is 114 cm³/mol. The van der Waals surface area contributed by atoms with Crippen molar-refractivity contribution in [2.24, 2.45) is 51.2 Å². The Kier molecular flexibility index (Phi) is 3.35. The van der Waals surface area contributed by atoms with Crippen LogP contribution < -0.4 is 0 Å². The molecule has 0 aromatic heterocycles. The van der Waals surface area contributed by atoms with Gasteiger partial charge in [0.05, 0.1) is 17.4 Å². The van der Waals surface area contributed by atoms with Gasteiger partial charge in [0.15, 0.2) is 0 Å². The second kappa shape index (κ2) is 5.27. The van der Waals surface area contributed by atoms with E-state index in [2.05, 4.69) is 33.1 Å². The molecule has 0 N–H and O–H groups in total. The summed E-state index contributed by atoms with van der Waals surface area (Å²) in [7, 11) is 0. The molecule has 0 aromatic rings. The van der Waals surface area contributed by atoms with Crippen molar-refractivity contribution in [3.8, 4) is 6.07 Å². The van der Waals surface area contributed by atoms with E-state index in [4.69, 9.17) is 0 Å². The Labute approximate surface area is 175 Å². The number of allylic oxidation sites excluding steroid dienone is 2. The summed E-state index contributed by atoms with van der Waals surface area (Å²) in [5, 5.41) is 10.4. The van der Waals surface area contributed by atoms with E-state index in [1.54, 1.807) is 0 Å². The summed E-state index contributed by atoms with van der Waals surface area (Å²) in [4.78, 5) is 13.0. The van der Waals surface area contributed by atoms with Gasteiger partial charge >= 0.3 is 0 Å². The van der Waals surface area contributed by atoms with Crippen LogP contribution in [0.15, 0.2) is 24.3 Å². The van der Waals surface area contributed by atoms with Gasteiger partial charge in [0.2, 0.25) is 0 Å². The first-order chi connectivity index (χ1) is 13.7. The average molecular weight is 390 g/mol. The van der Waals surface area contributed by atoms with Crippen molar-refractivity contribution in [3.63, 3.8) is 0 Å². The van der Waals surface area contributed by atoms with Crippen molar-refractivity contribution in [1.29, 1.82) is 5.26 Å². The summed E-state index contributed by atoms with van der Waals surface area (Å²) < 4.78 is 0. The summed E-state index contributed by atoms with van der Waals surface area (Å²) in [6.45, 7) is 13.9. The fourth-order valence-corrected chi connectivity index (χ4v) is 10.6. The van der Waals surface area contributed by atoms with E-state index >= 15 is 0 Å². The number of nitrogens with zero attached hydrogens (tertiary/aromatic N) is 1. The van der Waals surface area contributed by atoms with E-state index in [-0.39, 0.29) is 11.3 Å². The smallest absolute Gasteiger partial charge is 0.141 e. The summed E-state index contributed by atoms with van der Waals surface area (Å²) >= 11 is 0. The molecule has 6 fully saturated rings. The van der Waals surface area contributed by atoms with E-state index in [0.29, 0.717) is 40.8 Å². The van der Waals surface area contributed by atoms with Crippen LogP contribution >= 0.6 is 0 Å². The van der Waals surface area contributed by atoms with Gasteiger partial charge in [-0.25, -0.2) is 0 Å². The van der Waals surface area contributed by atoms with Crippen molar-refractivity contribution in [3.05, 3.63) is 24.3 Å². The maximum Gasteiger partial charge on any atom is 0.141 e. The Hall–Kier alpha value is -1.36. The van der Waals surface area contributed by atoms with Gasteiger partial charge in [-0.1, -0.05) is 38.2 Å². The van der Waals surface area contributed by atoms with Crippen LogP contribution in [0, 0.1) is 62.6 Å². The summed E-state index contributed by atoms with van der Waals surface area (Å²) in [5.74, 6) is 2.48. The number of carbonyl (C=O) groups excluding carboxylic acids is 1. The van der Waals surface area contributed by atoms with Crippen molar-refractivity contribution in [1.82, 2.24) is 0 Å². The number of hydrogen-bond donors (Lipinski definition) is 0. The van der Waals surface area contributed by atoms with Crippen molar-refractivity contribution in [2.45, 2.75) is 78.1 Å². The summed E-state index contributed by atoms with van der Waals surface area (Å²) in [5.41, 5.74) is 3.00. The van der Waals surface area contributed by atoms with Crippen LogP contribution in [0.1, 0.15) is 78.1 Å². The lowest BCUT2D eigenvalue weighted by Crippen LogP contribution is -2.60. The SMILES string of the molecule is C=C1CC[C@@]2(CCC3C4C(CCC32C)C2(C)CCC(=O)[C@H]3C(=C)[C@@H]4C[C@]32C#N)C1. The number of carbonyl (C=O) groups is 1. The molecular weight excluding hydrogens is 354 g/mol. The molecule has 0 aliphatic heterocycles. The van der Waals surface area contributed by atoms with Gasteiger partial charge in [-0.3, -0.25) is 4.79 Å². The molecule has 0 heterocycles. The van der Waals surface area contributed by atoms with Gasteiger partial charge < -0.3 is 0 Å². The maximum absolute atomic E-state index is 13.0. The first-order valence-electron chi connectivity index (χ1n) is 12.0. The molecule has 6 rings (SSSR count). The molecule has 0 saturated heterocycles. The van der Waals surface area contributed by atoms with Crippen LogP contribution in [0.25, 0.3) is 0 Å². The predicted octanol–water partition coefficient (Wildman–Crippen LogP) is 6.24. The molecule has 5 unspecified atom stereocenters. The van der Waals surface area contributed by atoms with Gasteiger partial charge in [-0.2, -0.15) is 5.26 Å². The van der Waals surface area contributed by atoms with Crippen LogP contribution in [0.4, 0.5) is 0 Å². The number of nitriles is 1. The number of fused-ring (bicyclic) bond motifs is 7. The Bertz CT molecular complexity index is 895. The second-order valence-corrected chi connectivity index (χ2v) is 12.3. The highest BCUT2D eigenvalue weighted by molar-refractivity contribution is 5.87. The molecule has 6 saturated carbocycles. The molecule has 29 heavy (non-hydrogen) atoms. The van der Waals surface area contributed by atoms with Gasteiger partial charge in [0.25, 0.3) is 0 Å². The third-order valence-electron chi connectivity index (χ3n) is 12.0. The lowest BCUT2D eigenvalue weighted by molar-refractivity contribution is -0.161. The Morgan fingerprint density at radius 1 is 1.00 bits per heavy atom. The average Bonchev–Trinajstić information content (AvgIpc) is 3.31. The molecule has 2 bridgehead atoms. The van der Waals surface area contributed by atoms with Crippen LogP contribution in [0.3, 0.4) is 0 Å². The zero-order valence-corrected chi connectivity index (χ0v) is 18.2. The first kappa shape index (κ1) is 18.4. The molecule has 1 spiro atoms. The quantitative estimate of drug-likeness (QED) is 0.460. The van der Waals surface area contributed by atoms with E-state index in [1.807, 2.05) is 0 Å². The summed E-state index contributed by atoms with van der Waals surface area (Å²) in [6.07, 6.45) is 11.5. The zero-order valence-electron chi connectivity index (χ0n) is 18.2. The molecular formula is C27H35NO. The Morgan fingerprint density at radius 2 is 1.72 bits per heavy atom. The number of hydrogen-bond acceptors (Lipinski definition) is 2. The number of rotatable bonds is 0. The molecule has 154 valence electrons. The summed E-state index contributed by atoms with van der Waals surface area (Å²) in [6, 6.07) is 2.78. The fraction of sp³-hybridized carbons (Fsp3) is 0.778. The lowest BCUT2D eigenvalue weighted by Gasteiger charge is -2.63.